The minimum Gasteiger partial charge on any atom is -0.478 e. The summed E-state index contributed by atoms with van der Waals surface area (Å²) >= 11 is 0. The zero-order valence-corrected chi connectivity index (χ0v) is 21.5. The number of benzene rings is 3. The van der Waals surface area contributed by atoms with Crippen LogP contribution in [0.1, 0.15) is 71.5 Å². The maximum absolute atomic E-state index is 13.1. The van der Waals surface area contributed by atoms with Crippen LogP contribution in [-0.2, 0) is 0 Å². The van der Waals surface area contributed by atoms with Gasteiger partial charge in [-0.1, -0.05) is 56.3 Å². The van der Waals surface area contributed by atoms with Gasteiger partial charge < -0.3 is 14.8 Å². The van der Waals surface area contributed by atoms with Crippen molar-refractivity contribution in [1.29, 1.82) is 0 Å². The highest BCUT2D eigenvalue weighted by atomic mass is 16.4. The van der Waals surface area contributed by atoms with Crippen LogP contribution < -0.4 is 10.7 Å². The Hall–Kier alpha value is -4.19. The van der Waals surface area contributed by atoms with Crippen molar-refractivity contribution in [3.63, 3.8) is 0 Å². The molecule has 2 N–H and O–H groups in total. The Kier molecular flexibility index (Phi) is 7.58. The fourth-order valence-corrected chi connectivity index (χ4v) is 4.39. The second-order valence-corrected chi connectivity index (χ2v) is 9.86. The van der Waals surface area contributed by atoms with E-state index in [0.717, 1.165) is 17.5 Å². The summed E-state index contributed by atoms with van der Waals surface area (Å²) in [7, 11) is 0. The summed E-state index contributed by atoms with van der Waals surface area (Å²) in [6.07, 6.45) is 1.34. The molecule has 0 bridgehead atoms. The highest BCUT2D eigenvalue weighted by Gasteiger charge is 2.18. The molecule has 0 radical (unpaired) electrons. The van der Waals surface area contributed by atoms with Gasteiger partial charge in [0.2, 0.25) is 0 Å². The molecule has 0 fully saturated rings. The van der Waals surface area contributed by atoms with Gasteiger partial charge in [-0.3, -0.25) is 9.59 Å². The Bertz CT molecular complexity index is 1520. The number of Topliss-reactive ketones (excluding diaryl/α,β-unsaturated/α-hetero) is 1. The number of para-hydroxylation sites is 1. The van der Waals surface area contributed by atoms with E-state index in [1.165, 1.54) is 6.07 Å². The molecule has 37 heavy (non-hydrogen) atoms. The van der Waals surface area contributed by atoms with Crippen LogP contribution in [-0.4, -0.2) is 16.9 Å². The van der Waals surface area contributed by atoms with E-state index in [9.17, 15) is 19.5 Å². The lowest BCUT2D eigenvalue weighted by molar-refractivity contribution is 0.0697. The maximum Gasteiger partial charge on any atom is 0.337 e. The van der Waals surface area contributed by atoms with E-state index in [1.807, 2.05) is 19.9 Å². The number of nitrogens with one attached hydrogen (secondary N) is 1. The second-order valence-electron chi connectivity index (χ2n) is 9.86. The van der Waals surface area contributed by atoms with Crippen LogP contribution in [0.25, 0.3) is 22.3 Å². The number of hydrogen-bond acceptors (Lipinski definition) is 5. The zero-order valence-electron chi connectivity index (χ0n) is 21.5. The number of aromatic carboxylic acids is 1. The highest BCUT2D eigenvalue weighted by molar-refractivity contribution is 5.96. The fraction of sp³-hybridized carbons (Fsp3) is 0.258. The number of hydrogen-bond donors (Lipinski definition) is 2. The average Bonchev–Trinajstić information content (AvgIpc) is 2.87. The van der Waals surface area contributed by atoms with Crippen LogP contribution in [0.2, 0.25) is 0 Å². The zero-order chi connectivity index (χ0) is 26.7. The van der Waals surface area contributed by atoms with Crippen molar-refractivity contribution < 1.29 is 19.1 Å². The van der Waals surface area contributed by atoms with Crippen LogP contribution in [0, 0.1) is 12.8 Å². The quantitative estimate of drug-likeness (QED) is 0.236. The first-order valence-corrected chi connectivity index (χ1v) is 12.4. The average molecular weight is 498 g/mol. The third-order valence-corrected chi connectivity index (χ3v) is 6.44. The molecule has 6 heteroatoms. The molecule has 1 unspecified atom stereocenters. The Balaban J connectivity index is 1.72. The summed E-state index contributed by atoms with van der Waals surface area (Å²) in [5.41, 5.74) is 3.89. The highest BCUT2D eigenvalue weighted by Crippen LogP contribution is 2.31. The summed E-state index contributed by atoms with van der Waals surface area (Å²) in [4.78, 5) is 37.3. The number of ketones is 1. The third-order valence-electron chi connectivity index (χ3n) is 6.44. The molecule has 6 nitrogen and oxygen atoms in total. The number of fused-ring (bicyclic) bond motifs is 1. The van der Waals surface area contributed by atoms with Crippen LogP contribution in [0.5, 0.6) is 0 Å². The van der Waals surface area contributed by atoms with Gasteiger partial charge in [-0.2, -0.15) is 0 Å². The summed E-state index contributed by atoms with van der Waals surface area (Å²) in [5, 5.41) is 13.3. The first-order valence-electron chi connectivity index (χ1n) is 12.4. The molecular formula is C31H31NO5. The Morgan fingerprint density at radius 1 is 0.973 bits per heavy atom. The molecule has 0 saturated carbocycles. The van der Waals surface area contributed by atoms with E-state index >= 15 is 0 Å². The summed E-state index contributed by atoms with van der Waals surface area (Å²) in [6.45, 7) is 7.99. The summed E-state index contributed by atoms with van der Waals surface area (Å²) < 4.78 is 6.29. The van der Waals surface area contributed by atoms with E-state index in [4.69, 9.17) is 4.42 Å². The monoisotopic (exact) mass is 497 g/mol. The molecule has 0 aliphatic rings. The maximum atomic E-state index is 13.1. The molecular weight excluding hydrogens is 466 g/mol. The smallest absolute Gasteiger partial charge is 0.337 e. The molecule has 0 aliphatic carbocycles. The van der Waals surface area contributed by atoms with Crippen molar-refractivity contribution >= 4 is 28.4 Å². The van der Waals surface area contributed by atoms with Gasteiger partial charge in [0.15, 0.2) is 11.2 Å². The van der Waals surface area contributed by atoms with Gasteiger partial charge in [0, 0.05) is 34.9 Å². The van der Waals surface area contributed by atoms with Crippen molar-refractivity contribution in [1.82, 2.24) is 0 Å². The third kappa shape index (κ3) is 5.80. The minimum atomic E-state index is -1.02. The first kappa shape index (κ1) is 25.9. The van der Waals surface area contributed by atoms with E-state index in [-0.39, 0.29) is 22.8 Å². The summed E-state index contributed by atoms with van der Waals surface area (Å²) in [6, 6.07) is 18.7. The Labute approximate surface area is 216 Å². The first-order chi connectivity index (χ1) is 17.6. The predicted molar refractivity (Wildman–Crippen MR) is 146 cm³/mol. The van der Waals surface area contributed by atoms with Gasteiger partial charge in [0.1, 0.15) is 11.3 Å². The van der Waals surface area contributed by atoms with E-state index in [1.54, 1.807) is 54.6 Å². The molecule has 1 aromatic heterocycles. The van der Waals surface area contributed by atoms with Crippen molar-refractivity contribution in [2.24, 2.45) is 5.92 Å². The molecule has 0 aliphatic heterocycles. The molecule has 0 spiro atoms. The molecule has 1 heterocycles. The number of rotatable bonds is 9. The molecule has 0 amide bonds. The van der Waals surface area contributed by atoms with Gasteiger partial charge in [0.25, 0.3) is 0 Å². The lowest BCUT2D eigenvalue weighted by atomic mass is 9.99. The standard InChI is InChI=1S/C31H31NO5/c1-18(2)9-14-27(33)21-10-12-22(13-11-21)29-17-28(34)25-16-19(3)15-24(30(25)37-29)20(4)32-26-8-6-5-7-23(26)31(35)36/h5-8,10-13,15-18,20,32H,9,14H2,1-4H3,(H,35,36). The normalized spacial score (nSPS) is 12.0. The molecule has 0 saturated heterocycles. The largest absolute Gasteiger partial charge is 0.478 e. The number of carboxylic acids is 1. The topological polar surface area (TPSA) is 96.6 Å². The van der Waals surface area contributed by atoms with Gasteiger partial charge in [0.05, 0.1) is 17.0 Å². The van der Waals surface area contributed by atoms with Gasteiger partial charge in [-0.15, -0.1) is 0 Å². The van der Waals surface area contributed by atoms with Gasteiger partial charge in [-0.25, -0.2) is 4.79 Å². The van der Waals surface area contributed by atoms with E-state index in [2.05, 4.69) is 19.2 Å². The Morgan fingerprint density at radius 2 is 1.68 bits per heavy atom. The number of anilines is 1. The van der Waals surface area contributed by atoms with Crippen molar-refractivity contribution in [2.45, 2.75) is 46.6 Å². The lowest BCUT2D eigenvalue weighted by Gasteiger charge is -2.19. The number of aryl methyl sites for hydroxylation is 1. The van der Waals surface area contributed by atoms with Crippen molar-refractivity contribution in [3.8, 4) is 11.3 Å². The van der Waals surface area contributed by atoms with Crippen LogP contribution in [0.4, 0.5) is 5.69 Å². The SMILES string of the molecule is Cc1cc(C(C)Nc2ccccc2C(=O)O)c2oc(-c3ccc(C(=O)CCC(C)C)cc3)cc(=O)c2c1. The number of carboxylic acid groups (broad SMARTS) is 1. The van der Waals surface area contributed by atoms with Crippen LogP contribution in [0.15, 0.2) is 75.9 Å². The number of carbonyl (C=O) groups excluding carboxylic acids is 1. The van der Waals surface area contributed by atoms with Crippen molar-refractivity contribution in [2.75, 3.05) is 5.32 Å². The molecule has 190 valence electrons. The molecule has 4 aromatic rings. The van der Waals surface area contributed by atoms with Crippen LogP contribution in [0.3, 0.4) is 0 Å². The van der Waals surface area contributed by atoms with Crippen molar-refractivity contribution in [3.05, 3.63) is 99.2 Å². The van der Waals surface area contributed by atoms with Gasteiger partial charge in [-0.05, 0) is 49.9 Å². The second kappa shape index (κ2) is 10.8. The number of carbonyl (C=O) groups is 2. The minimum absolute atomic E-state index is 0.0968. The predicted octanol–water partition coefficient (Wildman–Crippen LogP) is 7.26. The molecule has 3 aromatic carbocycles. The molecule has 1 atom stereocenters. The van der Waals surface area contributed by atoms with Crippen LogP contribution >= 0.6 is 0 Å². The van der Waals surface area contributed by atoms with E-state index < -0.39 is 5.97 Å². The molecule has 4 rings (SSSR count). The fourth-order valence-electron chi connectivity index (χ4n) is 4.39. The van der Waals surface area contributed by atoms with Gasteiger partial charge >= 0.3 is 5.97 Å². The van der Waals surface area contributed by atoms with E-state index in [0.29, 0.717) is 45.9 Å². The lowest BCUT2D eigenvalue weighted by Crippen LogP contribution is -2.12. The summed E-state index contributed by atoms with van der Waals surface area (Å²) in [5.74, 6) is -0.0618. The Morgan fingerprint density at radius 3 is 2.35 bits per heavy atom.